The molecule has 2 rings (SSSR count). The Morgan fingerprint density at radius 3 is 2.07 bits per heavy atom. The van der Waals surface area contributed by atoms with E-state index in [4.69, 9.17) is 0 Å². The van der Waals surface area contributed by atoms with Crippen molar-refractivity contribution in [1.82, 2.24) is 9.80 Å². The summed E-state index contributed by atoms with van der Waals surface area (Å²) < 4.78 is 0. The Labute approximate surface area is 104 Å². The summed E-state index contributed by atoms with van der Waals surface area (Å²) >= 11 is 0. The van der Waals surface area contributed by atoms with Crippen molar-refractivity contribution in [3.8, 4) is 0 Å². The maximum Gasteiger partial charge on any atom is 0.319 e. The standard InChI is InChI=1S/C11H20N2O.V/c1-8-4-9-6-13(7-10(9)5-8)11(14)12(2)3;/h8-10H,4-7H2,1-3H3;/t8?,9-,10+;. The van der Waals surface area contributed by atoms with Gasteiger partial charge in [0, 0.05) is 45.7 Å². The van der Waals surface area contributed by atoms with Crippen LogP contribution in [-0.4, -0.2) is 43.0 Å². The molecule has 0 aromatic heterocycles. The van der Waals surface area contributed by atoms with Crippen LogP contribution in [0.5, 0.6) is 0 Å². The first-order chi connectivity index (χ1) is 6.58. The van der Waals surface area contributed by atoms with Crippen LogP contribution in [0.1, 0.15) is 19.8 Å². The molecule has 1 saturated carbocycles. The molecular formula is C11H20N2OV. The molecule has 0 spiro atoms. The fourth-order valence-corrected chi connectivity index (χ4v) is 3.04. The zero-order valence-electron chi connectivity index (χ0n) is 9.81. The van der Waals surface area contributed by atoms with Gasteiger partial charge in [-0.05, 0) is 30.6 Å². The van der Waals surface area contributed by atoms with E-state index in [-0.39, 0.29) is 24.6 Å². The number of hydrogen-bond donors (Lipinski definition) is 0. The third-order valence-corrected chi connectivity index (χ3v) is 3.64. The molecule has 0 N–H and O–H groups in total. The van der Waals surface area contributed by atoms with Crippen molar-refractivity contribution in [3.63, 3.8) is 0 Å². The van der Waals surface area contributed by atoms with Gasteiger partial charge in [-0.25, -0.2) is 4.79 Å². The van der Waals surface area contributed by atoms with E-state index in [0.29, 0.717) is 0 Å². The monoisotopic (exact) mass is 247 g/mol. The van der Waals surface area contributed by atoms with Crippen molar-refractivity contribution >= 4 is 6.03 Å². The number of urea groups is 1. The minimum Gasteiger partial charge on any atom is -0.331 e. The molecule has 2 aliphatic rings. The molecular weight excluding hydrogens is 227 g/mol. The molecule has 15 heavy (non-hydrogen) atoms. The van der Waals surface area contributed by atoms with Gasteiger partial charge >= 0.3 is 6.03 Å². The Kier molecular flexibility index (Phi) is 4.13. The zero-order valence-corrected chi connectivity index (χ0v) is 11.2. The minimum atomic E-state index is 0. The molecule has 1 heterocycles. The molecule has 4 heteroatoms. The predicted molar refractivity (Wildman–Crippen MR) is 56.0 cm³/mol. The van der Waals surface area contributed by atoms with E-state index in [2.05, 4.69) is 6.92 Å². The molecule has 3 nitrogen and oxygen atoms in total. The number of carbonyl (C=O) groups is 1. The van der Waals surface area contributed by atoms with E-state index in [1.54, 1.807) is 4.90 Å². The van der Waals surface area contributed by atoms with E-state index in [0.717, 1.165) is 30.8 Å². The fourth-order valence-electron chi connectivity index (χ4n) is 3.04. The molecule has 1 aliphatic carbocycles. The molecule has 1 aliphatic heterocycles. The van der Waals surface area contributed by atoms with Crippen molar-refractivity contribution in [1.29, 1.82) is 0 Å². The first-order valence-corrected chi connectivity index (χ1v) is 5.54. The van der Waals surface area contributed by atoms with Crippen LogP contribution in [0, 0.1) is 17.8 Å². The normalized spacial score (nSPS) is 33.5. The van der Waals surface area contributed by atoms with Crippen molar-refractivity contribution in [3.05, 3.63) is 0 Å². The molecule has 0 bridgehead atoms. The number of hydrogen-bond acceptors (Lipinski definition) is 1. The van der Waals surface area contributed by atoms with Crippen LogP contribution >= 0.6 is 0 Å². The van der Waals surface area contributed by atoms with Gasteiger partial charge in [-0.2, -0.15) is 0 Å². The summed E-state index contributed by atoms with van der Waals surface area (Å²) in [5, 5.41) is 0. The predicted octanol–water partition coefficient (Wildman–Crippen LogP) is 1.64. The number of likely N-dealkylation sites (tertiary alicyclic amines) is 1. The van der Waals surface area contributed by atoms with Crippen molar-refractivity contribution in [2.45, 2.75) is 19.8 Å². The second kappa shape index (κ2) is 4.79. The van der Waals surface area contributed by atoms with Crippen molar-refractivity contribution < 1.29 is 23.4 Å². The van der Waals surface area contributed by atoms with Gasteiger partial charge in [-0.3, -0.25) is 0 Å². The second-order valence-electron chi connectivity index (χ2n) is 5.18. The maximum absolute atomic E-state index is 11.7. The van der Waals surface area contributed by atoms with E-state index in [1.807, 2.05) is 19.0 Å². The smallest absolute Gasteiger partial charge is 0.319 e. The topological polar surface area (TPSA) is 23.6 Å². The van der Waals surface area contributed by atoms with Crippen molar-refractivity contribution in [2.24, 2.45) is 17.8 Å². The molecule has 2 amide bonds. The summed E-state index contributed by atoms with van der Waals surface area (Å²) in [4.78, 5) is 15.4. The number of carbonyl (C=O) groups excluding carboxylic acids is 1. The molecule has 1 unspecified atom stereocenters. The largest absolute Gasteiger partial charge is 0.331 e. The Hall–Kier alpha value is -0.146. The third-order valence-electron chi connectivity index (χ3n) is 3.64. The van der Waals surface area contributed by atoms with E-state index >= 15 is 0 Å². The molecule has 2 fully saturated rings. The van der Waals surface area contributed by atoms with Crippen LogP contribution in [0.2, 0.25) is 0 Å². The Morgan fingerprint density at radius 1 is 1.20 bits per heavy atom. The molecule has 1 saturated heterocycles. The summed E-state index contributed by atoms with van der Waals surface area (Å²) in [5.41, 5.74) is 0. The van der Waals surface area contributed by atoms with Gasteiger partial charge in [0.1, 0.15) is 0 Å². The molecule has 3 atom stereocenters. The van der Waals surface area contributed by atoms with Gasteiger partial charge in [-0.15, -0.1) is 0 Å². The van der Waals surface area contributed by atoms with Gasteiger partial charge in [0.2, 0.25) is 0 Å². The summed E-state index contributed by atoms with van der Waals surface area (Å²) in [6.07, 6.45) is 2.64. The van der Waals surface area contributed by atoms with Crippen LogP contribution in [0.25, 0.3) is 0 Å². The van der Waals surface area contributed by atoms with Crippen LogP contribution < -0.4 is 0 Å². The molecule has 0 aromatic carbocycles. The zero-order chi connectivity index (χ0) is 10.3. The SMILES string of the molecule is CC1C[C@@H]2CN(C(=O)N(C)C)C[C@@H]2C1.[V]. The minimum absolute atomic E-state index is 0. The average Bonchev–Trinajstić information content (AvgIpc) is 2.59. The molecule has 1 radical (unpaired) electrons. The Bertz CT molecular complexity index is 231. The quantitative estimate of drug-likeness (QED) is 0.638. The maximum atomic E-state index is 11.7. The summed E-state index contributed by atoms with van der Waals surface area (Å²) in [5.74, 6) is 2.45. The number of nitrogens with zero attached hydrogens (tertiary/aromatic N) is 2. The van der Waals surface area contributed by atoms with E-state index < -0.39 is 0 Å². The van der Waals surface area contributed by atoms with Gasteiger partial charge in [0.15, 0.2) is 0 Å². The van der Waals surface area contributed by atoms with Gasteiger partial charge < -0.3 is 9.80 Å². The van der Waals surface area contributed by atoms with E-state index in [1.165, 1.54) is 12.8 Å². The van der Waals surface area contributed by atoms with Crippen LogP contribution in [-0.2, 0) is 18.6 Å². The number of rotatable bonds is 0. The van der Waals surface area contributed by atoms with E-state index in [9.17, 15) is 4.79 Å². The van der Waals surface area contributed by atoms with Crippen molar-refractivity contribution in [2.75, 3.05) is 27.2 Å². The van der Waals surface area contributed by atoms with Gasteiger partial charge in [-0.1, -0.05) is 6.92 Å². The first kappa shape index (κ1) is 12.9. The summed E-state index contributed by atoms with van der Waals surface area (Å²) in [7, 11) is 3.66. The second-order valence-corrected chi connectivity index (χ2v) is 5.18. The molecule has 85 valence electrons. The summed E-state index contributed by atoms with van der Waals surface area (Å²) in [6.45, 7) is 4.31. The fraction of sp³-hybridized carbons (Fsp3) is 0.909. The van der Waals surface area contributed by atoms with Gasteiger partial charge in [0.25, 0.3) is 0 Å². The van der Waals surface area contributed by atoms with Crippen LogP contribution in [0.4, 0.5) is 4.79 Å². The Morgan fingerprint density at radius 2 is 1.67 bits per heavy atom. The average molecular weight is 247 g/mol. The third kappa shape index (κ3) is 2.51. The first-order valence-electron chi connectivity index (χ1n) is 5.54. The van der Waals surface area contributed by atoms with Crippen LogP contribution in [0.15, 0.2) is 0 Å². The number of amides is 2. The Balaban J connectivity index is 0.00000112. The molecule has 0 aromatic rings. The number of fused-ring (bicyclic) bond motifs is 1. The summed E-state index contributed by atoms with van der Waals surface area (Å²) in [6, 6.07) is 0.187. The van der Waals surface area contributed by atoms with Gasteiger partial charge in [0.05, 0.1) is 0 Å². The van der Waals surface area contributed by atoms with Crippen LogP contribution in [0.3, 0.4) is 0 Å².